The Morgan fingerprint density at radius 3 is 2.57 bits per heavy atom. The fraction of sp³-hybridized carbons (Fsp3) is 0.0667. The van der Waals surface area contributed by atoms with Crippen LogP contribution in [0.1, 0.15) is 5.56 Å². The van der Waals surface area contributed by atoms with E-state index in [-0.39, 0.29) is 17.3 Å². The van der Waals surface area contributed by atoms with E-state index in [4.69, 9.17) is 4.18 Å². The van der Waals surface area contributed by atoms with Gasteiger partial charge in [-0.2, -0.15) is 8.42 Å². The lowest BCUT2D eigenvalue weighted by atomic mass is 10.2. The summed E-state index contributed by atoms with van der Waals surface area (Å²) in [5, 5.41) is 11.9. The van der Waals surface area contributed by atoms with Crippen LogP contribution in [0.3, 0.4) is 0 Å². The van der Waals surface area contributed by atoms with Crippen molar-refractivity contribution in [2.75, 3.05) is 0 Å². The Bertz CT molecular complexity index is 867. The minimum absolute atomic E-state index is 0.0884. The summed E-state index contributed by atoms with van der Waals surface area (Å²) in [5.74, 6) is 0.236. The van der Waals surface area contributed by atoms with E-state index >= 15 is 0 Å². The Morgan fingerprint density at radius 2 is 1.86 bits per heavy atom. The van der Waals surface area contributed by atoms with Gasteiger partial charge >= 0.3 is 10.1 Å². The van der Waals surface area contributed by atoms with Crippen LogP contribution in [0.4, 0.5) is 0 Å². The third-order valence-electron chi connectivity index (χ3n) is 3.03. The van der Waals surface area contributed by atoms with Crippen molar-refractivity contribution in [3.63, 3.8) is 0 Å². The molecule has 4 nitrogen and oxygen atoms in total. The Balaban J connectivity index is 1.98. The van der Waals surface area contributed by atoms with Gasteiger partial charge in [-0.05, 0) is 41.3 Å². The van der Waals surface area contributed by atoms with Gasteiger partial charge in [0.15, 0.2) is 0 Å². The second-order valence-electron chi connectivity index (χ2n) is 4.43. The predicted molar refractivity (Wildman–Crippen MR) is 82.0 cm³/mol. The molecule has 0 radical (unpaired) electrons. The fourth-order valence-electron chi connectivity index (χ4n) is 2.00. The normalized spacial score (nSPS) is 11.7. The van der Waals surface area contributed by atoms with Crippen LogP contribution in [0.15, 0.2) is 58.8 Å². The summed E-state index contributed by atoms with van der Waals surface area (Å²) < 4.78 is 30.5. The van der Waals surface area contributed by atoms with Crippen molar-refractivity contribution in [2.24, 2.45) is 0 Å². The highest BCUT2D eigenvalue weighted by Gasteiger charge is 2.16. The minimum atomic E-state index is -3.84. The molecule has 0 saturated heterocycles. The van der Waals surface area contributed by atoms with Crippen molar-refractivity contribution in [1.29, 1.82) is 0 Å². The zero-order valence-corrected chi connectivity index (χ0v) is 12.5. The quantitative estimate of drug-likeness (QED) is 0.750. The number of aliphatic hydroxyl groups excluding tert-OH is 1. The summed E-state index contributed by atoms with van der Waals surface area (Å²) in [6, 6.07) is 13.0. The van der Waals surface area contributed by atoms with E-state index in [0.29, 0.717) is 0 Å². The fourth-order valence-corrected chi connectivity index (χ4v) is 3.88. The molecule has 0 atom stereocenters. The molecule has 3 rings (SSSR count). The molecule has 1 N–H and O–H groups in total. The monoisotopic (exact) mass is 320 g/mol. The van der Waals surface area contributed by atoms with Crippen LogP contribution < -0.4 is 4.18 Å². The molecule has 0 unspecified atom stereocenters. The van der Waals surface area contributed by atoms with Crippen LogP contribution >= 0.6 is 11.3 Å². The molecule has 0 spiro atoms. The van der Waals surface area contributed by atoms with Crippen molar-refractivity contribution < 1.29 is 17.7 Å². The van der Waals surface area contributed by atoms with Crippen LogP contribution in [0.2, 0.25) is 0 Å². The van der Waals surface area contributed by atoms with E-state index in [2.05, 4.69) is 0 Å². The number of hydrogen-bond acceptors (Lipinski definition) is 5. The lowest BCUT2D eigenvalue weighted by Gasteiger charge is -2.07. The molecule has 0 bridgehead atoms. The zero-order valence-electron chi connectivity index (χ0n) is 10.9. The first-order chi connectivity index (χ1) is 10.1. The largest absolute Gasteiger partial charge is 0.392 e. The van der Waals surface area contributed by atoms with Gasteiger partial charge in [-0.3, -0.25) is 0 Å². The molecular formula is C15H12O4S2. The first-order valence-electron chi connectivity index (χ1n) is 6.21. The van der Waals surface area contributed by atoms with Crippen molar-refractivity contribution in [3.05, 3.63) is 59.5 Å². The van der Waals surface area contributed by atoms with Crippen LogP contribution in [0.5, 0.6) is 5.75 Å². The third kappa shape index (κ3) is 2.78. The van der Waals surface area contributed by atoms with Gasteiger partial charge in [0.1, 0.15) is 10.6 Å². The molecule has 0 aliphatic heterocycles. The van der Waals surface area contributed by atoms with Gasteiger partial charge in [-0.15, -0.1) is 11.3 Å². The van der Waals surface area contributed by atoms with Gasteiger partial charge in [0, 0.05) is 10.1 Å². The third-order valence-corrected chi connectivity index (χ3v) is 5.31. The summed E-state index contributed by atoms with van der Waals surface area (Å²) in [5.41, 5.74) is 0.762. The summed E-state index contributed by atoms with van der Waals surface area (Å²) in [7, 11) is -3.84. The Labute approximate surface area is 126 Å². The Hall–Kier alpha value is -1.89. The molecule has 0 amide bonds. The molecule has 1 heterocycles. The summed E-state index contributed by atoms with van der Waals surface area (Å²) in [6.45, 7) is -0.0884. The molecule has 1 aromatic heterocycles. The van der Waals surface area contributed by atoms with Gasteiger partial charge in [0.2, 0.25) is 0 Å². The maximum absolute atomic E-state index is 12.2. The van der Waals surface area contributed by atoms with Crippen LogP contribution in [-0.4, -0.2) is 13.5 Å². The first kappa shape index (κ1) is 14.1. The molecule has 21 heavy (non-hydrogen) atoms. The highest BCUT2D eigenvalue weighted by Crippen LogP contribution is 2.30. The Kier molecular flexibility index (Phi) is 3.67. The van der Waals surface area contributed by atoms with E-state index in [9.17, 15) is 13.5 Å². The molecule has 0 saturated carbocycles. The molecule has 108 valence electrons. The lowest BCUT2D eigenvalue weighted by Crippen LogP contribution is -2.09. The SMILES string of the molecule is O=S(=O)(Oc1ccc2scc(CO)c2c1)c1ccccc1. The highest BCUT2D eigenvalue weighted by atomic mass is 32.2. The summed E-state index contributed by atoms with van der Waals surface area (Å²) >= 11 is 1.50. The van der Waals surface area contributed by atoms with Crippen molar-refractivity contribution in [2.45, 2.75) is 11.5 Å². The summed E-state index contributed by atoms with van der Waals surface area (Å²) in [4.78, 5) is 0.109. The van der Waals surface area contributed by atoms with Gasteiger partial charge < -0.3 is 9.29 Å². The Morgan fingerprint density at radius 1 is 1.10 bits per heavy atom. The van der Waals surface area contributed by atoms with Crippen LogP contribution in [0.25, 0.3) is 10.1 Å². The minimum Gasteiger partial charge on any atom is -0.392 e. The summed E-state index contributed by atoms with van der Waals surface area (Å²) in [6.07, 6.45) is 0. The smallest absolute Gasteiger partial charge is 0.339 e. The van der Waals surface area contributed by atoms with Crippen molar-refractivity contribution in [3.8, 4) is 5.75 Å². The number of benzene rings is 2. The predicted octanol–water partition coefficient (Wildman–Crippen LogP) is 3.16. The number of fused-ring (bicyclic) bond motifs is 1. The van der Waals surface area contributed by atoms with E-state index in [0.717, 1.165) is 15.6 Å². The second-order valence-corrected chi connectivity index (χ2v) is 6.89. The van der Waals surface area contributed by atoms with Gasteiger partial charge in [0.05, 0.1) is 6.61 Å². The molecule has 2 aromatic carbocycles. The molecule has 0 aliphatic carbocycles. The zero-order chi connectivity index (χ0) is 14.9. The van der Waals surface area contributed by atoms with E-state index in [1.54, 1.807) is 36.4 Å². The molecule has 6 heteroatoms. The van der Waals surface area contributed by atoms with Crippen LogP contribution in [-0.2, 0) is 16.7 Å². The van der Waals surface area contributed by atoms with Crippen molar-refractivity contribution >= 4 is 31.5 Å². The van der Waals surface area contributed by atoms with Gasteiger partial charge in [-0.25, -0.2) is 0 Å². The van der Waals surface area contributed by atoms with Crippen LogP contribution in [0, 0.1) is 0 Å². The maximum atomic E-state index is 12.2. The molecular weight excluding hydrogens is 308 g/mol. The van der Waals surface area contributed by atoms with E-state index < -0.39 is 10.1 Å². The molecule has 0 aliphatic rings. The van der Waals surface area contributed by atoms with E-state index in [1.165, 1.54) is 23.5 Å². The number of aliphatic hydroxyl groups is 1. The second kappa shape index (κ2) is 5.48. The standard InChI is InChI=1S/C15H12O4S2/c16-9-11-10-20-15-7-6-12(8-14(11)15)19-21(17,18)13-4-2-1-3-5-13/h1-8,10,16H,9H2. The van der Waals surface area contributed by atoms with Gasteiger partial charge in [-0.1, -0.05) is 18.2 Å². The first-order valence-corrected chi connectivity index (χ1v) is 8.49. The number of hydrogen-bond donors (Lipinski definition) is 1. The highest BCUT2D eigenvalue weighted by molar-refractivity contribution is 7.87. The molecule has 3 aromatic rings. The topological polar surface area (TPSA) is 63.6 Å². The number of thiophene rings is 1. The average Bonchev–Trinajstić information content (AvgIpc) is 2.90. The van der Waals surface area contributed by atoms with Gasteiger partial charge in [0.25, 0.3) is 0 Å². The number of rotatable bonds is 4. The molecule has 0 fully saturated rings. The van der Waals surface area contributed by atoms with E-state index in [1.807, 2.05) is 5.38 Å². The maximum Gasteiger partial charge on any atom is 0.339 e. The lowest BCUT2D eigenvalue weighted by molar-refractivity contribution is 0.284. The van der Waals surface area contributed by atoms with Crippen molar-refractivity contribution in [1.82, 2.24) is 0 Å². The average molecular weight is 320 g/mol.